The summed E-state index contributed by atoms with van der Waals surface area (Å²) < 4.78 is 6.03. The molecule has 0 spiro atoms. The summed E-state index contributed by atoms with van der Waals surface area (Å²) in [7, 11) is 0. The standard InChI is InChI=1S/C21H35N3O3.ClH/c1-13(2)18(22)20(26)23-11-17(25)24-16(21(5,6)7)12-27-19-14(3)9-8-10-15(19)4;/h8-10,13,16,18H,11-12,22H2,1-7H3,(H,23,26)(H,24,25);1H/t16?,18-;/m0./s1. The number of benzene rings is 1. The molecule has 1 aromatic carbocycles. The summed E-state index contributed by atoms with van der Waals surface area (Å²) in [6.07, 6.45) is 0. The highest BCUT2D eigenvalue weighted by atomic mass is 35.5. The van der Waals surface area contributed by atoms with E-state index in [1.165, 1.54) is 0 Å². The first-order valence-corrected chi connectivity index (χ1v) is 9.45. The van der Waals surface area contributed by atoms with E-state index in [0.717, 1.165) is 16.9 Å². The van der Waals surface area contributed by atoms with Gasteiger partial charge in [0.05, 0.1) is 18.6 Å². The Hall–Kier alpha value is -1.79. The van der Waals surface area contributed by atoms with E-state index in [0.29, 0.717) is 6.61 Å². The van der Waals surface area contributed by atoms with E-state index < -0.39 is 6.04 Å². The van der Waals surface area contributed by atoms with Crippen LogP contribution in [-0.2, 0) is 9.59 Å². The maximum Gasteiger partial charge on any atom is 0.239 e. The Bertz CT molecular complexity index is 637. The van der Waals surface area contributed by atoms with Gasteiger partial charge in [-0.15, -0.1) is 12.4 Å². The van der Waals surface area contributed by atoms with E-state index in [9.17, 15) is 9.59 Å². The largest absolute Gasteiger partial charge is 0.491 e. The molecule has 1 rings (SSSR count). The SMILES string of the molecule is Cc1cccc(C)c1OCC(NC(=O)CNC(=O)[C@@H](N)C(C)C)C(C)(C)C.Cl. The molecule has 0 saturated heterocycles. The number of ether oxygens (including phenoxy) is 1. The summed E-state index contributed by atoms with van der Waals surface area (Å²) in [5.41, 5.74) is 7.71. The maximum atomic E-state index is 12.3. The molecule has 0 radical (unpaired) electrons. The second-order valence-corrected chi connectivity index (χ2v) is 8.51. The Morgan fingerprint density at radius 1 is 1.14 bits per heavy atom. The fourth-order valence-corrected chi connectivity index (χ4v) is 2.54. The predicted molar refractivity (Wildman–Crippen MR) is 116 cm³/mol. The fraction of sp³-hybridized carbons (Fsp3) is 0.619. The molecule has 0 heterocycles. The number of amides is 2. The van der Waals surface area contributed by atoms with Crippen LogP contribution in [0.3, 0.4) is 0 Å². The minimum absolute atomic E-state index is 0. The van der Waals surface area contributed by atoms with Gasteiger partial charge in [-0.3, -0.25) is 9.59 Å². The van der Waals surface area contributed by atoms with Crippen LogP contribution in [0.5, 0.6) is 5.75 Å². The number of nitrogens with one attached hydrogen (secondary N) is 2. The first kappa shape index (κ1) is 26.2. The lowest BCUT2D eigenvalue weighted by Gasteiger charge is -2.32. The van der Waals surface area contributed by atoms with E-state index in [1.54, 1.807) is 0 Å². The number of aryl methyl sites for hydroxylation is 2. The second kappa shape index (κ2) is 11.3. The quantitative estimate of drug-likeness (QED) is 0.610. The van der Waals surface area contributed by atoms with Gasteiger partial charge in [0.1, 0.15) is 12.4 Å². The number of halogens is 1. The molecule has 1 unspecified atom stereocenters. The van der Waals surface area contributed by atoms with Gasteiger partial charge in [-0.25, -0.2) is 0 Å². The van der Waals surface area contributed by atoms with E-state index in [4.69, 9.17) is 10.5 Å². The van der Waals surface area contributed by atoms with Gasteiger partial charge < -0.3 is 21.1 Å². The third-order valence-electron chi connectivity index (χ3n) is 4.63. The van der Waals surface area contributed by atoms with Gasteiger partial charge in [0, 0.05) is 0 Å². The van der Waals surface area contributed by atoms with Crippen molar-refractivity contribution in [1.82, 2.24) is 10.6 Å². The molecule has 0 aromatic heterocycles. The molecule has 0 bridgehead atoms. The van der Waals surface area contributed by atoms with Crippen molar-refractivity contribution >= 4 is 24.2 Å². The van der Waals surface area contributed by atoms with Crippen molar-refractivity contribution in [3.8, 4) is 5.75 Å². The van der Waals surface area contributed by atoms with Crippen molar-refractivity contribution in [2.24, 2.45) is 17.1 Å². The summed E-state index contributed by atoms with van der Waals surface area (Å²) in [6, 6.07) is 5.16. The van der Waals surface area contributed by atoms with E-state index in [1.807, 2.05) is 66.7 Å². The molecule has 28 heavy (non-hydrogen) atoms. The molecule has 0 fully saturated rings. The van der Waals surface area contributed by atoms with E-state index in [-0.39, 0.29) is 48.1 Å². The van der Waals surface area contributed by atoms with Crippen molar-refractivity contribution < 1.29 is 14.3 Å². The van der Waals surface area contributed by atoms with Crippen LogP contribution in [0.2, 0.25) is 0 Å². The lowest BCUT2D eigenvalue weighted by Crippen LogP contribution is -2.52. The van der Waals surface area contributed by atoms with Crippen LogP contribution in [0, 0.1) is 25.2 Å². The summed E-state index contributed by atoms with van der Waals surface area (Å²) in [5.74, 6) is 0.280. The second-order valence-electron chi connectivity index (χ2n) is 8.51. The monoisotopic (exact) mass is 413 g/mol. The van der Waals surface area contributed by atoms with Gasteiger partial charge in [0.2, 0.25) is 11.8 Å². The number of nitrogens with two attached hydrogens (primary N) is 1. The molecule has 0 aliphatic carbocycles. The van der Waals surface area contributed by atoms with E-state index in [2.05, 4.69) is 10.6 Å². The van der Waals surface area contributed by atoms with Gasteiger partial charge in [0.15, 0.2) is 0 Å². The minimum Gasteiger partial charge on any atom is -0.491 e. The first-order chi connectivity index (χ1) is 12.4. The van der Waals surface area contributed by atoms with Crippen molar-refractivity contribution in [3.63, 3.8) is 0 Å². The Morgan fingerprint density at radius 2 is 1.68 bits per heavy atom. The third-order valence-corrected chi connectivity index (χ3v) is 4.63. The van der Waals surface area contributed by atoms with Gasteiger partial charge in [-0.05, 0) is 36.3 Å². The fourth-order valence-electron chi connectivity index (χ4n) is 2.54. The zero-order valence-electron chi connectivity index (χ0n) is 18.1. The number of hydrogen-bond donors (Lipinski definition) is 3. The zero-order valence-corrected chi connectivity index (χ0v) is 18.9. The van der Waals surface area contributed by atoms with Crippen molar-refractivity contribution in [1.29, 1.82) is 0 Å². The lowest BCUT2D eigenvalue weighted by atomic mass is 9.87. The Morgan fingerprint density at radius 3 is 2.14 bits per heavy atom. The summed E-state index contributed by atoms with van der Waals surface area (Å²) >= 11 is 0. The number of rotatable bonds is 8. The normalized spacial score (nSPS) is 13.3. The molecule has 7 heteroatoms. The highest BCUT2D eigenvalue weighted by Gasteiger charge is 2.28. The van der Waals surface area contributed by atoms with Gasteiger partial charge in [0.25, 0.3) is 0 Å². The molecule has 4 N–H and O–H groups in total. The Kier molecular flexibility index (Phi) is 10.5. The lowest BCUT2D eigenvalue weighted by molar-refractivity contribution is -0.128. The molecule has 2 amide bonds. The van der Waals surface area contributed by atoms with Crippen LogP contribution in [0.25, 0.3) is 0 Å². The number of hydrogen-bond acceptors (Lipinski definition) is 4. The molecule has 0 aliphatic heterocycles. The van der Waals surface area contributed by atoms with Crippen molar-refractivity contribution in [2.45, 2.75) is 60.5 Å². The smallest absolute Gasteiger partial charge is 0.239 e. The third kappa shape index (κ3) is 8.07. The molecule has 0 saturated carbocycles. The van der Waals surface area contributed by atoms with Gasteiger partial charge >= 0.3 is 0 Å². The highest BCUT2D eigenvalue weighted by molar-refractivity contribution is 5.87. The van der Waals surface area contributed by atoms with Crippen LogP contribution < -0.4 is 21.1 Å². The molecule has 0 aliphatic rings. The molecule has 1 aromatic rings. The van der Waals surface area contributed by atoms with Crippen molar-refractivity contribution in [3.05, 3.63) is 29.3 Å². The average molecular weight is 414 g/mol. The molecular weight excluding hydrogens is 378 g/mol. The minimum atomic E-state index is -0.622. The van der Waals surface area contributed by atoms with Gasteiger partial charge in [-0.2, -0.15) is 0 Å². The molecular formula is C21H36ClN3O3. The van der Waals surface area contributed by atoms with Crippen LogP contribution in [-0.4, -0.2) is 37.0 Å². The average Bonchev–Trinajstić information content (AvgIpc) is 2.56. The number of carbonyl (C=O) groups is 2. The number of carbonyl (C=O) groups excluding carboxylic acids is 2. The van der Waals surface area contributed by atoms with Gasteiger partial charge in [-0.1, -0.05) is 52.8 Å². The Balaban J connectivity index is 0.00000729. The zero-order chi connectivity index (χ0) is 20.8. The van der Waals surface area contributed by atoms with E-state index >= 15 is 0 Å². The van der Waals surface area contributed by atoms with Crippen LogP contribution >= 0.6 is 12.4 Å². The summed E-state index contributed by atoms with van der Waals surface area (Å²) in [5, 5.41) is 5.57. The Labute approximate surface area is 175 Å². The van der Waals surface area contributed by atoms with Crippen LogP contribution in [0.4, 0.5) is 0 Å². The van der Waals surface area contributed by atoms with Crippen LogP contribution in [0.1, 0.15) is 45.7 Å². The molecule has 6 nitrogen and oxygen atoms in total. The predicted octanol–water partition coefficient (Wildman–Crippen LogP) is 2.73. The highest BCUT2D eigenvalue weighted by Crippen LogP contribution is 2.25. The van der Waals surface area contributed by atoms with Crippen molar-refractivity contribution in [2.75, 3.05) is 13.2 Å². The molecule has 160 valence electrons. The topological polar surface area (TPSA) is 93.5 Å². The summed E-state index contributed by atoms with van der Waals surface area (Å²) in [4.78, 5) is 24.2. The van der Waals surface area contributed by atoms with Crippen LogP contribution in [0.15, 0.2) is 18.2 Å². The maximum absolute atomic E-state index is 12.3. The number of para-hydroxylation sites is 1. The first-order valence-electron chi connectivity index (χ1n) is 9.45. The molecule has 2 atom stereocenters. The summed E-state index contributed by atoms with van der Waals surface area (Å²) in [6.45, 7) is 14.1.